The SMILES string of the molecule is Cn1cc(C=C[N+](=O)[O-])c2c(F)cc(F)cc21. The zero-order valence-electron chi connectivity index (χ0n) is 8.85. The van der Waals surface area contributed by atoms with Crippen LogP contribution in [0.3, 0.4) is 0 Å². The molecule has 6 heteroatoms. The number of nitro groups is 1. The van der Waals surface area contributed by atoms with Crippen LogP contribution in [0.25, 0.3) is 17.0 Å². The Hall–Kier alpha value is -2.24. The van der Waals surface area contributed by atoms with Crippen molar-refractivity contribution in [2.45, 2.75) is 0 Å². The van der Waals surface area contributed by atoms with Gasteiger partial charge < -0.3 is 4.57 Å². The van der Waals surface area contributed by atoms with Gasteiger partial charge in [-0.05, 0) is 6.07 Å². The molecular weight excluding hydrogens is 230 g/mol. The third-order valence-electron chi connectivity index (χ3n) is 2.41. The van der Waals surface area contributed by atoms with E-state index in [0.29, 0.717) is 11.1 Å². The molecule has 88 valence electrons. The second kappa shape index (κ2) is 3.97. The monoisotopic (exact) mass is 238 g/mol. The van der Waals surface area contributed by atoms with E-state index >= 15 is 0 Å². The Labute approximate surface area is 94.9 Å². The van der Waals surface area contributed by atoms with Crippen LogP contribution in [-0.2, 0) is 7.05 Å². The van der Waals surface area contributed by atoms with Crippen molar-refractivity contribution in [3.63, 3.8) is 0 Å². The number of hydrogen-bond acceptors (Lipinski definition) is 2. The van der Waals surface area contributed by atoms with E-state index < -0.39 is 16.6 Å². The van der Waals surface area contributed by atoms with Gasteiger partial charge in [0.05, 0.1) is 10.4 Å². The quantitative estimate of drug-likeness (QED) is 0.596. The van der Waals surface area contributed by atoms with Crippen LogP contribution in [-0.4, -0.2) is 9.49 Å². The molecule has 1 aromatic carbocycles. The maximum Gasteiger partial charge on any atom is 0.235 e. The molecule has 2 rings (SSSR count). The highest BCUT2D eigenvalue weighted by molar-refractivity contribution is 5.89. The molecule has 0 aliphatic rings. The highest BCUT2D eigenvalue weighted by Crippen LogP contribution is 2.25. The Bertz CT molecular complexity index is 632. The minimum atomic E-state index is -0.733. The lowest BCUT2D eigenvalue weighted by molar-refractivity contribution is -0.400. The highest BCUT2D eigenvalue weighted by atomic mass is 19.1. The van der Waals surface area contributed by atoms with Gasteiger partial charge in [-0.2, -0.15) is 0 Å². The number of fused-ring (bicyclic) bond motifs is 1. The topological polar surface area (TPSA) is 48.1 Å². The molecule has 17 heavy (non-hydrogen) atoms. The van der Waals surface area contributed by atoms with Crippen LogP contribution in [0.5, 0.6) is 0 Å². The molecule has 0 bridgehead atoms. The Balaban J connectivity index is 2.70. The van der Waals surface area contributed by atoms with Gasteiger partial charge in [-0.1, -0.05) is 0 Å². The summed E-state index contributed by atoms with van der Waals surface area (Å²) in [6.07, 6.45) is 3.41. The van der Waals surface area contributed by atoms with E-state index in [1.165, 1.54) is 22.9 Å². The minimum Gasteiger partial charge on any atom is -0.350 e. The second-order valence-corrected chi connectivity index (χ2v) is 3.58. The number of rotatable bonds is 2. The Morgan fingerprint density at radius 3 is 2.76 bits per heavy atom. The molecule has 0 saturated heterocycles. The first-order chi connectivity index (χ1) is 7.99. The van der Waals surface area contributed by atoms with Gasteiger partial charge in [0, 0.05) is 36.3 Å². The standard InChI is InChI=1S/C11H8F2N2O2/c1-14-6-7(2-3-15(16)17)11-9(13)4-8(12)5-10(11)14/h2-6H,1H3. The van der Waals surface area contributed by atoms with Crippen molar-refractivity contribution in [1.29, 1.82) is 0 Å². The fourth-order valence-electron chi connectivity index (χ4n) is 1.73. The molecule has 0 amide bonds. The van der Waals surface area contributed by atoms with Gasteiger partial charge in [0.15, 0.2) is 0 Å². The molecule has 1 heterocycles. The Morgan fingerprint density at radius 1 is 1.41 bits per heavy atom. The van der Waals surface area contributed by atoms with Crippen molar-refractivity contribution in [1.82, 2.24) is 4.57 Å². The van der Waals surface area contributed by atoms with Gasteiger partial charge in [0.25, 0.3) is 0 Å². The zero-order valence-corrected chi connectivity index (χ0v) is 8.85. The number of halogens is 2. The number of hydrogen-bond donors (Lipinski definition) is 0. The van der Waals surface area contributed by atoms with Gasteiger partial charge in [0.2, 0.25) is 6.20 Å². The fourth-order valence-corrected chi connectivity index (χ4v) is 1.73. The summed E-state index contributed by atoms with van der Waals surface area (Å²) in [5.41, 5.74) is 0.696. The molecule has 4 nitrogen and oxygen atoms in total. The summed E-state index contributed by atoms with van der Waals surface area (Å²) >= 11 is 0. The van der Waals surface area contributed by atoms with E-state index in [9.17, 15) is 18.9 Å². The number of aryl methyl sites for hydroxylation is 1. The lowest BCUT2D eigenvalue weighted by Gasteiger charge is -1.97. The van der Waals surface area contributed by atoms with Crippen LogP contribution in [0, 0.1) is 21.7 Å². The van der Waals surface area contributed by atoms with Gasteiger partial charge in [-0.3, -0.25) is 10.1 Å². The van der Waals surface area contributed by atoms with Crippen molar-refractivity contribution in [2.24, 2.45) is 7.05 Å². The molecule has 0 N–H and O–H groups in total. The van der Waals surface area contributed by atoms with Crippen molar-refractivity contribution >= 4 is 17.0 Å². The summed E-state index contributed by atoms with van der Waals surface area (Å²) in [5, 5.41) is 10.4. The van der Waals surface area contributed by atoms with E-state index in [4.69, 9.17) is 0 Å². The molecule has 0 fully saturated rings. The van der Waals surface area contributed by atoms with Gasteiger partial charge >= 0.3 is 0 Å². The first-order valence-corrected chi connectivity index (χ1v) is 4.75. The maximum absolute atomic E-state index is 13.6. The number of benzene rings is 1. The highest BCUT2D eigenvalue weighted by Gasteiger charge is 2.12. The predicted molar refractivity (Wildman–Crippen MR) is 58.9 cm³/mol. The molecule has 0 radical (unpaired) electrons. The molecule has 0 aliphatic heterocycles. The molecular formula is C11H8F2N2O2. The van der Waals surface area contributed by atoms with E-state index in [1.54, 1.807) is 7.05 Å². The smallest absolute Gasteiger partial charge is 0.235 e. The Kier molecular flexibility index (Phi) is 2.63. The molecule has 0 unspecified atom stereocenters. The molecule has 1 aromatic heterocycles. The summed E-state index contributed by atoms with van der Waals surface area (Å²) in [4.78, 5) is 9.57. The molecule has 0 atom stereocenters. The average molecular weight is 238 g/mol. The molecule has 0 aliphatic carbocycles. The number of nitrogens with zero attached hydrogens (tertiary/aromatic N) is 2. The van der Waals surface area contributed by atoms with Gasteiger partial charge in [0.1, 0.15) is 11.6 Å². The molecule has 0 saturated carbocycles. The van der Waals surface area contributed by atoms with Crippen LogP contribution in [0.2, 0.25) is 0 Å². The summed E-state index contributed by atoms with van der Waals surface area (Å²) in [5.74, 6) is -1.41. The number of aromatic nitrogens is 1. The third-order valence-corrected chi connectivity index (χ3v) is 2.41. The average Bonchev–Trinajstić information content (AvgIpc) is 2.53. The van der Waals surface area contributed by atoms with Crippen molar-refractivity contribution < 1.29 is 13.7 Å². The normalized spacial score (nSPS) is 11.5. The predicted octanol–water partition coefficient (Wildman–Crippen LogP) is 2.70. The van der Waals surface area contributed by atoms with E-state index in [0.717, 1.165) is 12.3 Å². The summed E-state index contributed by atoms with van der Waals surface area (Å²) in [6, 6.07) is 1.94. The van der Waals surface area contributed by atoms with Crippen LogP contribution < -0.4 is 0 Å². The van der Waals surface area contributed by atoms with Gasteiger partial charge in [-0.25, -0.2) is 8.78 Å². The Morgan fingerprint density at radius 2 is 2.12 bits per heavy atom. The van der Waals surface area contributed by atoms with Crippen molar-refractivity contribution in [2.75, 3.05) is 0 Å². The fraction of sp³-hybridized carbons (Fsp3) is 0.0909. The van der Waals surface area contributed by atoms with E-state index in [-0.39, 0.29) is 5.39 Å². The minimum absolute atomic E-state index is 0.173. The largest absolute Gasteiger partial charge is 0.350 e. The lowest BCUT2D eigenvalue weighted by atomic mass is 10.1. The van der Waals surface area contributed by atoms with E-state index in [2.05, 4.69) is 0 Å². The van der Waals surface area contributed by atoms with Crippen LogP contribution in [0.15, 0.2) is 24.5 Å². The first-order valence-electron chi connectivity index (χ1n) is 4.75. The van der Waals surface area contributed by atoms with E-state index in [1.807, 2.05) is 0 Å². The first kappa shape index (κ1) is 11.3. The van der Waals surface area contributed by atoms with Gasteiger partial charge in [-0.15, -0.1) is 0 Å². The third kappa shape index (κ3) is 2.01. The molecule has 2 aromatic rings. The zero-order chi connectivity index (χ0) is 12.6. The maximum atomic E-state index is 13.6. The summed E-state index contributed by atoms with van der Waals surface area (Å²) in [7, 11) is 1.62. The summed E-state index contributed by atoms with van der Waals surface area (Å²) < 4.78 is 28.1. The van der Waals surface area contributed by atoms with Crippen molar-refractivity contribution in [3.8, 4) is 0 Å². The van der Waals surface area contributed by atoms with Crippen molar-refractivity contribution in [3.05, 3.63) is 51.8 Å². The second-order valence-electron chi connectivity index (χ2n) is 3.58. The van der Waals surface area contributed by atoms with Crippen LogP contribution in [0.4, 0.5) is 8.78 Å². The molecule has 0 spiro atoms. The lowest BCUT2D eigenvalue weighted by Crippen LogP contribution is -1.87. The summed E-state index contributed by atoms with van der Waals surface area (Å²) in [6.45, 7) is 0. The van der Waals surface area contributed by atoms with Crippen LogP contribution >= 0.6 is 0 Å². The van der Waals surface area contributed by atoms with Crippen LogP contribution in [0.1, 0.15) is 5.56 Å².